The molecule has 4 nitrogen and oxygen atoms in total. The van der Waals surface area contributed by atoms with E-state index in [2.05, 4.69) is 0 Å². The van der Waals surface area contributed by atoms with E-state index in [4.69, 9.17) is 19.7 Å². The molecule has 0 heterocycles. The molecule has 0 aliphatic rings. The van der Waals surface area contributed by atoms with Gasteiger partial charge in [-0.2, -0.15) is 0 Å². The molecule has 4 heteroatoms. The predicted octanol–water partition coefficient (Wildman–Crippen LogP) is 4.86. The molecule has 27 heavy (non-hydrogen) atoms. The Hall–Kier alpha value is -2.04. The maximum atomic E-state index is 9.11. The molecule has 0 radical (unpaired) electrons. The molecule has 2 rings (SSSR count). The first-order valence-corrected chi connectivity index (χ1v) is 9.97. The third kappa shape index (κ3) is 8.94. The molecule has 2 aromatic carbocycles. The van der Waals surface area contributed by atoms with E-state index in [1.54, 1.807) is 0 Å². The van der Waals surface area contributed by atoms with Crippen molar-refractivity contribution in [3.8, 4) is 11.5 Å². The summed E-state index contributed by atoms with van der Waals surface area (Å²) >= 11 is 0. The summed E-state index contributed by atoms with van der Waals surface area (Å²) in [5, 5.41) is 18.2. The van der Waals surface area contributed by atoms with Gasteiger partial charge in [-0.05, 0) is 48.2 Å². The highest BCUT2D eigenvalue weighted by Crippen LogP contribution is 2.16. The molecule has 2 aromatic rings. The van der Waals surface area contributed by atoms with Crippen LogP contribution in [0.2, 0.25) is 0 Å². The van der Waals surface area contributed by atoms with Crippen molar-refractivity contribution < 1.29 is 19.7 Å². The quantitative estimate of drug-likeness (QED) is 0.465. The van der Waals surface area contributed by atoms with Crippen molar-refractivity contribution in [1.29, 1.82) is 0 Å². The maximum absolute atomic E-state index is 9.11. The van der Waals surface area contributed by atoms with Crippen molar-refractivity contribution in [1.82, 2.24) is 0 Å². The molecule has 0 spiro atoms. The summed E-state index contributed by atoms with van der Waals surface area (Å²) in [5.74, 6) is 1.68. The van der Waals surface area contributed by atoms with Gasteiger partial charge in [0.2, 0.25) is 0 Å². The summed E-state index contributed by atoms with van der Waals surface area (Å²) in [6.45, 7) is 1.57. The first kappa shape index (κ1) is 21.3. The zero-order valence-corrected chi connectivity index (χ0v) is 16.1. The second-order valence-electron chi connectivity index (χ2n) is 6.78. The van der Waals surface area contributed by atoms with E-state index >= 15 is 0 Å². The molecule has 0 aliphatic heterocycles. The van der Waals surface area contributed by atoms with Gasteiger partial charge in [0, 0.05) is 0 Å². The molecule has 0 unspecified atom stereocenters. The first-order valence-electron chi connectivity index (χ1n) is 9.97. The van der Waals surface area contributed by atoms with Crippen molar-refractivity contribution in [2.45, 2.75) is 58.2 Å². The Labute approximate surface area is 162 Å². The van der Waals surface area contributed by atoms with Crippen LogP contribution in [-0.2, 0) is 13.2 Å². The average molecular weight is 373 g/mol. The number of unbranched alkanes of at least 4 members (excludes halogenated alkanes) is 6. The lowest BCUT2D eigenvalue weighted by Crippen LogP contribution is -1.98. The highest BCUT2D eigenvalue weighted by Gasteiger charge is 1.98. The minimum Gasteiger partial charge on any atom is -0.494 e. The lowest BCUT2D eigenvalue weighted by atomic mass is 10.1. The molecular weight excluding hydrogens is 340 g/mol. The molecule has 0 aliphatic carbocycles. The molecule has 0 bridgehead atoms. The SMILES string of the molecule is OCc1cccc(OCCCCCCCCCOc2cccc(CO)c2)c1. The van der Waals surface area contributed by atoms with Crippen molar-refractivity contribution >= 4 is 0 Å². The zero-order valence-electron chi connectivity index (χ0n) is 16.1. The van der Waals surface area contributed by atoms with Gasteiger partial charge in [0.05, 0.1) is 26.4 Å². The lowest BCUT2D eigenvalue weighted by Gasteiger charge is -2.08. The van der Waals surface area contributed by atoms with Gasteiger partial charge in [0.15, 0.2) is 0 Å². The fourth-order valence-corrected chi connectivity index (χ4v) is 2.94. The monoisotopic (exact) mass is 372 g/mol. The summed E-state index contributed by atoms with van der Waals surface area (Å²) in [6, 6.07) is 15.3. The standard InChI is InChI=1S/C23H32O4/c24-18-20-10-8-12-22(16-20)26-14-6-4-2-1-3-5-7-15-27-23-13-9-11-21(17-23)19-25/h8-13,16-17,24-25H,1-7,14-15,18-19H2. The van der Waals surface area contributed by atoms with Gasteiger partial charge in [-0.1, -0.05) is 56.4 Å². The summed E-state index contributed by atoms with van der Waals surface area (Å²) in [4.78, 5) is 0. The van der Waals surface area contributed by atoms with Crippen LogP contribution >= 0.6 is 0 Å². The molecule has 0 saturated carbocycles. The van der Waals surface area contributed by atoms with E-state index in [-0.39, 0.29) is 13.2 Å². The number of hydrogen-bond donors (Lipinski definition) is 2. The van der Waals surface area contributed by atoms with Gasteiger partial charge >= 0.3 is 0 Å². The Kier molecular flexibility index (Phi) is 10.4. The van der Waals surface area contributed by atoms with Crippen molar-refractivity contribution in [3.63, 3.8) is 0 Å². The van der Waals surface area contributed by atoms with Crippen LogP contribution in [-0.4, -0.2) is 23.4 Å². The topological polar surface area (TPSA) is 58.9 Å². The van der Waals surface area contributed by atoms with Gasteiger partial charge < -0.3 is 19.7 Å². The molecule has 0 atom stereocenters. The van der Waals surface area contributed by atoms with Crippen LogP contribution in [0.5, 0.6) is 11.5 Å². The Morgan fingerprint density at radius 2 is 0.963 bits per heavy atom. The van der Waals surface area contributed by atoms with E-state index in [0.717, 1.165) is 48.7 Å². The zero-order chi connectivity index (χ0) is 19.2. The van der Waals surface area contributed by atoms with Crippen LogP contribution in [0, 0.1) is 0 Å². The second kappa shape index (κ2) is 13.2. The molecule has 0 saturated heterocycles. The Bertz CT molecular complexity index is 586. The van der Waals surface area contributed by atoms with Crippen LogP contribution < -0.4 is 9.47 Å². The van der Waals surface area contributed by atoms with E-state index in [0.29, 0.717) is 0 Å². The number of aliphatic hydroxyl groups excluding tert-OH is 2. The van der Waals surface area contributed by atoms with Gasteiger partial charge in [-0.3, -0.25) is 0 Å². The first-order chi connectivity index (χ1) is 13.3. The van der Waals surface area contributed by atoms with Gasteiger partial charge in [0.25, 0.3) is 0 Å². The maximum Gasteiger partial charge on any atom is 0.119 e. The summed E-state index contributed by atoms with van der Waals surface area (Å²) < 4.78 is 11.4. The minimum absolute atomic E-state index is 0.0529. The minimum atomic E-state index is 0.0529. The predicted molar refractivity (Wildman–Crippen MR) is 108 cm³/mol. The number of ether oxygens (including phenoxy) is 2. The highest BCUT2D eigenvalue weighted by atomic mass is 16.5. The lowest BCUT2D eigenvalue weighted by molar-refractivity contribution is 0.277. The molecule has 0 fully saturated rings. The largest absolute Gasteiger partial charge is 0.494 e. The van der Waals surface area contributed by atoms with Crippen LogP contribution in [0.25, 0.3) is 0 Å². The van der Waals surface area contributed by atoms with Crippen LogP contribution in [0.1, 0.15) is 56.1 Å². The van der Waals surface area contributed by atoms with Crippen molar-refractivity contribution in [2.75, 3.05) is 13.2 Å². The van der Waals surface area contributed by atoms with Crippen molar-refractivity contribution in [2.24, 2.45) is 0 Å². The number of aliphatic hydroxyl groups is 2. The number of benzene rings is 2. The molecule has 0 amide bonds. The van der Waals surface area contributed by atoms with E-state index < -0.39 is 0 Å². The van der Waals surface area contributed by atoms with Crippen molar-refractivity contribution in [3.05, 3.63) is 59.7 Å². The van der Waals surface area contributed by atoms with E-state index in [1.165, 1.54) is 32.1 Å². The fraction of sp³-hybridized carbons (Fsp3) is 0.478. The number of rotatable bonds is 14. The van der Waals surface area contributed by atoms with Crippen LogP contribution in [0.3, 0.4) is 0 Å². The average Bonchev–Trinajstić information content (AvgIpc) is 2.72. The van der Waals surface area contributed by atoms with E-state index in [9.17, 15) is 0 Å². The van der Waals surface area contributed by atoms with Crippen LogP contribution in [0.15, 0.2) is 48.5 Å². The fourth-order valence-electron chi connectivity index (χ4n) is 2.94. The summed E-state index contributed by atoms with van der Waals surface area (Å²) in [7, 11) is 0. The third-order valence-corrected chi connectivity index (χ3v) is 4.49. The Morgan fingerprint density at radius 1 is 0.556 bits per heavy atom. The molecule has 148 valence electrons. The normalized spacial score (nSPS) is 10.7. The smallest absolute Gasteiger partial charge is 0.119 e. The Balaban J connectivity index is 1.41. The van der Waals surface area contributed by atoms with Gasteiger partial charge in [-0.15, -0.1) is 0 Å². The number of hydrogen-bond acceptors (Lipinski definition) is 4. The summed E-state index contributed by atoms with van der Waals surface area (Å²) in [6.07, 6.45) is 8.22. The van der Waals surface area contributed by atoms with Gasteiger partial charge in [0.1, 0.15) is 11.5 Å². The highest BCUT2D eigenvalue weighted by molar-refractivity contribution is 5.28. The summed E-state index contributed by atoms with van der Waals surface area (Å²) in [5.41, 5.74) is 1.77. The molecule has 0 aromatic heterocycles. The third-order valence-electron chi connectivity index (χ3n) is 4.49. The van der Waals surface area contributed by atoms with E-state index in [1.807, 2.05) is 48.5 Å². The molecule has 2 N–H and O–H groups in total. The van der Waals surface area contributed by atoms with Gasteiger partial charge in [-0.25, -0.2) is 0 Å². The Morgan fingerprint density at radius 3 is 1.37 bits per heavy atom. The molecular formula is C23H32O4. The second-order valence-corrected chi connectivity index (χ2v) is 6.78. The van der Waals surface area contributed by atoms with Crippen LogP contribution in [0.4, 0.5) is 0 Å².